The van der Waals surface area contributed by atoms with Crippen LogP contribution in [0.15, 0.2) is 35.1 Å². The number of ether oxygens (including phenoxy) is 1. The van der Waals surface area contributed by atoms with Gasteiger partial charge >= 0.3 is 6.01 Å². The van der Waals surface area contributed by atoms with Crippen molar-refractivity contribution in [2.24, 2.45) is 5.73 Å². The Hall–Kier alpha value is -1.17. The minimum absolute atomic E-state index is 0.255. The molecule has 1 heterocycles. The van der Waals surface area contributed by atoms with E-state index in [9.17, 15) is 0 Å². The van der Waals surface area contributed by atoms with Crippen LogP contribution in [-0.4, -0.2) is 9.97 Å². The predicted molar refractivity (Wildman–Crippen MR) is 69.1 cm³/mol. The van der Waals surface area contributed by atoms with Crippen LogP contribution < -0.4 is 10.5 Å². The lowest BCUT2D eigenvalue weighted by Gasteiger charge is -2.09. The first-order valence-electron chi connectivity index (χ1n) is 4.83. The third-order valence-corrected chi connectivity index (χ3v) is 2.84. The minimum atomic E-state index is 0.255. The lowest BCUT2D eigenvalue weighted by atomic mass is 10.2. The molecule has 17 heavy (non-hydrogen) atoms. The summed E-state index contributed by atoms with van der Waals surface area (Å²) in [6.45, 7) is 0.297. The monoisotopic (exact) mass is 313 g/mol. The Morgan fingerprint density at radius 1 is 1.29 bits per heavy atom. The summed E-state index contributed by atoms with van der Waals surface area (Å²) >= 11 is 9.26. The molecule has 0 fully saturated rings. The molecule has 0 unspecified atom stereocenters. The van der Waals surface area contributed by atoms with Gasteiger partial charge in [-0.25, -0.2) is 9.97 Å². The first kappa shape index (κ1) is 12.3. The van der Waals surface area contributed by atoms with Gasteiger partial charge in [-0.15, -0.1) is 0 Å². The molecule has 88 valence electrons. The summed E-state index contributed by atoms with van der Waals surface area (Å²) in [6.07, 6.45) is 3.21. The smallest absolute Gasteiger partial charge is 0.321 e. The lowest BCUT2D eigenvalue weighted by Crippen LogP contribution is -2.01. The van der Waals surface area contributed by atoms with Gasteiger partial charge in [-0.2, -0.15) is 0 Å². The van der Waals surface area contributed by atoms with Gasteiger partial charge in [-0.3, -0.25) is 0 Å². The van der Waals surface area contributed by atoms with Gasteiger partial charge in [0.1, 0.15) is 5.75 Å². The first-order valence-corrected chi connectivity index (χ1v) is 6.00. The van der Waals surface area contributed by atoms with Gasteiger partial charge in [0, 0.05) is 29.5 Å². The third-order valence-electron chi connectivity index (χ3n) is 2.08. The molecule has 0 bridgehead atoms. The molecule has 0 aliphatic rings. The molecule has 6 heteroatoms. The SMILES string of the molecule is NCc1c(Cl)cccc1Oc1ncc(Br)cn1. The molecule has 2 rings (SSSR count). The highest BCUT2D eigenvalue weighted by Crippen LogP contribution is 2.28. The summed E-state index contributed by atoms with van der Waals surface area (Å²) in [6, 6.07) is 5.58. The van der Waals surface area contributed by atoms with E-state index in [1.807, 2.05) is 0 Å². The van der Waals surface area contributed by atoms with E-state index in [0.29, 0.717) is 17.3 Å². The van der Waals surface area contributed by atoms with Crippen LogP contribution in [0, 0.1) is 0 Å². The summed E-state index contributed by atoms with van der Waals surface area (Å²) < 4.78 is 6.32. The minimum Gasteiger partial charge on any atom is -0.424 e. The van der Waals surface area contributed by atoms with E-state index in [4.69, 9.17) is 22.1 Å². The molecular formula is C11H9BrClN3O. The largest absolute Gasteiger partial charge is 0.424 e. The van der Waals surface area contributed by atoms with Crippen LogP contribution in [0.5, 0.6) is 11.8 Å². The highest BCUT2D eigenvalue weighted by molar-refractivity contribution is 9.10. The van der Waals surface area contributed by atoms with Crippen molar-refractivity contribution in [3.05, 3.63) is 45.7 Å². The van der Waals surface area contributed by atoms with E-state index in [1.54, 1.807) is 30.6 Å². The molecule has 0 amide bonds. The summed E-state index contributed by atoms with van der Waals surface area (Å²) in [7, 11) is 0. The van der Waals surface area contributed by atoms with E-state index in [2.05, 4.69) is 25.9 Å². The zero-order valence-corrected chi connectivity index (χ0v) is 11.1. The van der Waals surface area contributed by atoms with Gasteiger partial charge in [-0.05, 0) is 28.1 Å². The number of nitrogens with zero attached hydrogens (tertiary/aromatic N) is 2. The maximum Gasteiger partial charge on any atom is 0.321 e. The number of aromatic nitrogens is 2. The zero-order valence-electron chi connectivity index (χ0n) is 8.73. The van der Waals surface area contributed by atoms with E-state index in [0.717, 1.165) is 10.0 Å². The standard InChI is InChI=1S/C11H9BrClN3O/c12-7-5-15-11(16-6-7)17-10-3-1-2-9(13)8(10)4-14/h1-3,5-6H,4,14H2. The summed E-state index contributed by atoms with van der Waals surface area (Å²) in [5.74, 6) is 0.572. The Balaban J connectivity index is 2.29. The maximum absolute atomic E-state index is 6.01. The molecule has 1 aromatic carbocycles. The number of nitrogens with two attached hydrogens (primary N) is 1. The van der Waals surface area contributed by atoms with Gasteiger partial charge in [0.15, 0.2) is 0 Å². The van der Waals surface area contributed by atoms with Crippen LogP contribution in [-0.2, 0) is 6.54 Å². The van der Waals surface area contributed by atoms with Crippen LogP contribution in [0.2, 0.25) is 5.02 Å². The second-order valence-electron chi connectivity index (χ2n) is 3.21. The molecule has 2 N–H and O–H groups in total. The molecule has 0 saturated heterocycles. The number of hydrogen-bond acceptors (Lipinski definition) is 4. The second-order valence-corrected chi connectivity index (χ2v) is 4.53. The average Bonchev–Trinajstić information content (AvgIpc) is 2.32. The Morgan fingerprint density at radius 3 is 2.65 bits per heavy atom. The van der Waals surface area contributed by atoms with Crippen molar-refractivity contribution in [2.45, 2.75) is 6.54 Å². The molecule has 0 aliphatic heterocycles. The lowest BCUT2D eigenvalue weighted by molar-refractivity contribution is 0.436. The van der Waals surface area contributed by atoms with Crippen molar-refractivity contribution in [2.75, 3.05) is 0 Å². The fourth-order valence-corrected chi connectivity index (χ4v) is 1.73. The summed E-state index contributed by atoms with van der Waals surface area (Å²) in [5, 5.41) is 0.571. The Morgan fingerprint density at radius 2 is 2.00 bits per heavy atom. The quantitative estimate of drug-likeness (QED) is 0.945. The van der Waals surface area contributed by atoms with E-state index >= 15 is 0 Å². The fourth-order valence-electron chi connectivity index (χ4n) is 1.28. The van der Waals surface area contributed by atoms with Crippen molar-refractivity contribution in [1.29, 1.82) is 0 Å². The van der Waals surface area contributed by atoms with Crippen molar-refractivity contribution < 1.29 is 4.74 Å². The summed E-state index contributed by atoms with van der Waals surface area (Å²) in [4.78, 5) is 8.03. The van der Waals surface area contributed by atoms with E-state index < -0.39 is 0 Å². The second kappa shape index (κ2) is 5.44. The van der Waals surface area contributed by atoms with Crippen LogP contribution in [0.25, 0.3) is 0 Å². The Labute approximate surface area is 112 Å². The van der Waals surface area contributed by atoms with Gasteiger partial charge in [0.25, 0.3) is 0 Å². The van der Waals surface area contributed by atoms with Crippen LogP contribution >= 0.6 is 27.5 Å². The highest BCUT2D eigenvalue weighted by atomic mass is 79.9. The molecule has 4 nitrogen and oxygen atoms in total. The van der Waals surface area contributed by atoms with Gasteiger partial charge in [0.05, 0.1) is 4.47 Å². The molecule has 0 atom stereocenters. The highest BCUT2D eigenvalue weighted by Gasteiger charge is 2.08. The van der Waals surface area contributed by atoms with Crippen molar-refractivity contribution in [1.82, 2.24) is 9.97 Å². The Kier molecular flexibility index (Phi) is 3.93. The summed E-state index contributed by atoms with van der Waals surface area (Å²) in [5.41, 5.74) is 6.35. The predicted octanol–water partition coefficient (Wildman–Crippen LogP) is 3.14. The topological polar surface area (TPSA) is 61.0 Å². The third kappa shape index (κ3) is 2.94. The molecule has 2 aromatic rings. The number of halogens is 2. The molecule has 0 aliphatic carbocycles. The number of rotatable bonds is 3. The first-order chi connectivity index (χ1) is 8.20. The molecular weight excluding hydrogens is 305 g/mol. The number of benzene rings is 1. The van der Waals surface area contributed by atoms with E-state index in [1.165, 1.54) is 0 Å². The molecule has 0 radical (unpaired) electrons. The van der Waals surface area contributed by atoms with Crippen LogP contribution in [0.4, 0.5) is 0 Å². The van der Waals surface area contributed by atoms with Gasteiger partial charge in [-0.1, -0.05) is 17.7 Å². The maximum atomic E-state index is 6.01. The van der Waals surface area contributed by atoms with E-state index in [-0.39, 0.29) is 6.01 Å². The average molecular weight is 315 g/mol. The van der Waals surface area contributed by atoms with Gasteiger partial charge < -0.3 is 10.5 Å². The molecule has 1 aromatic heterocycles. The Bertz CT molecular complexity index is 519. The van der Waals surface area contributed by atoms with Gasteiger partial charge in [0.2, 0.25) is 0 Å². The van der Waals surface area contributed by atoms with Crippen LogP contribution in [0.1, 0.15) is 5.56 Å². The zero-order chi connectivity index (χ0) is 12.3. The molecule has 0 saturated carbocycles. The van der Waals surface area contributed by atoms with Crippen molar-refractivity contribution in [3.8, 4) is 11.8 Å². The van der Waals surface area contributed by atoms with Crippen molar-refractivity contribution >= 4 is 27.5 Å². The van der Waals surface area contributed by atoms with Crippen molar-refractivity contribution in [3.63, 3.8) is 0 Å². The van der Waals surface area contributed by atoms with Crippen LogP contribution in [0.3, 0.4) is 0 Å². The normalized spacial score (nSPS) is 10.3. The fraction of sp³-hybridized carbons (Fsp3) is 0.0909. The molecule has 0 spiro atoms. The number of hydrogen-bond donors (Lipinski definition) is 1.